The van der Waals surface area contributed by atoms with Gasteiger partial charge in [0.2, 0.25) is 0 Å². The van der Waals surface area contributed by atoms with Crippen LogP contribution in [-0.2, 0) is 6.54 Å². The molecule has 0 atom stereocenters. The van der Waals surface area contributed by atoms with Crippen molar-refractivity contribution >= 4 is 10.9 Å². The van der Waals surface area contributed by atoms with E-state index < -0.39 is 0 Å². The summed E-state index contributed by atoms with van der Waals surface area (Å²) in [5, 5.41) is 11.5. The number of rotatable bonds is 3. The molecule has 0 unspecified atom stereocenters. The fourth-order valence-electron chi connectivity index (χ4n) is 3.20. The average molecular weight is 329 g/mol. The Morgan fingerprint density at radius 3 is 2.68 bits per heavy atom. The highest BCUT2D eigenvalue weighted by Crippen LogP contribution is 2.36. The predicted octanol–water partition coefficient (Wildman–Crippen LogP) is 4.80. The van der Waals surface area contributed by atoms with Crippen LogP contribution in [0.5, 0.6) is 5.75 Å². The highest BCUT2D eigenvalue weighted by molar-refractivity contribution is 5.89. The Hall–Kier alpha value is -3.14. The maximum absolute atomic E-state index is 10.3. The monoisotopic (exact) mass is 329 g/mol. The molecule has 2 heterocycles. The number of phenols is 1. The van der Waals surface area contributed by atoms with Crippen LogP contribution in [0.4, 0.5) is 0 Å². The van der Waals surface area contributed by atoms with Crippen LogP contribution in [0.3, 0.4) is 0 Å². The molecule has 1 N–H and O–H groups in total. The number of benzene rings is 2. The van der Waals surface area contributed by atoms with Crippen molar-refractivity contribution in [2.45, 2.75) is 20.4 Å². The SMILES string of the molecule is CCn1ccc2cc(-c3cnc(C)nc3-c3ccccc3O)ccc21. The Morgan fingerprint density at radius 1 is 1.04 bits per heavy atom. The summed E-state index contributed by atoms with van der Waals surface area (Å²) in [6, 6.07) is 15.8. The molecule has 25 heavy (non-hydrogen) atoms. The molecule has 0 aliphatic carbocycles. The Morgan fingerprint density at radius 2 is 1.88 bits per heavy atom. The lowest BCUT2D eigenvalue weighted by atomic mass is 9.99. The quantitative estimate of drug-likeness (QED) is 0.587. The summed E-state index contributed by atoms with van der Waals surface area (Å²) in [6.07, 6.45) is 3.94. The summed E-state index contributed by atoms with van der Waals surface area (Å²) in [5.74, 6) is 0.903. The van der Waals surface area contributed by atoms with E-state index >= 15 is 0 Å². The largest absolute Gasteiger partial charge is 0.507 e. The van der Waals surface area contributed by atoms with Gasteiger partial charge in [0.1, 0.15) is 11.6 Å². The van der Waals surface area contributed by atoms with Gasteiger partial charge in [0.05, 0.1) is 5.69 Å². The topological polar surface area (TPSA) is 50.9 Å². The molecule has 0 amide bonds. The van der Waals surface area contributed by atoms with E-state index in [1.54, 1.807) is 6.07 Å². The van der Waals surface area contributed by atoms with Crippen molar-refractivity contribution in [3.63, 3.8) is 0 Å². The van der Waals surface area contributed by atoms with Crippen LogP contribution in [0.15, 0.2) is 60.9 Å². The van der Waals surface area contributed by atoms with E-state index in [0.29, 0.717) is 11.4 Å². The second kappa shape index (κ2) is 6.06. The first-order valence-corrected chi connectivity index (χ1v) is 8.38. The minimum Gasteiger partial charge on any atom is -0.507 e. The van der Waals surface area contributed by atoms with Crippen molar-refractivity contribution in [1.29, 1.82) is 0 Å². The third-order valence-electron chi connectivity index (χ3n) is 4.49. The number of aromatic nitrogens is 3. The molecule has 4 rings (SSSR count). The molecule has 0 aliphatic heterocycles. The zero-order valence-electron chi connectivity index (χ0n) is 14.3. The van der Waals surface area contributed by atoms with E-state index in [0.717, 1.165) is 23.4 Å². The van der Waals surface area contributed by atoms with Gasteiger partial charge in [-0.1, -0.05) is 18.2 Å². The lowest BCUT2D eigenvalue weighted by Gasteiger charge is -2.11. The van der Waals surface area contributed by atoms with E-state index in [1.807, 2.05) is 31.3 Å². The predicted molar refractivity (Wildman–Crippen MR) is 100 cm³/mol. The van der Waals surface area contributed by atoms with Crippen LogP contribution in [0.25, 0.3) is 33.3 Å². The lowest BCUT2D eigenvalue weighted by Crippen LogP contribution is -1.96. The van der Waals surface area contributed by atoms with Crippen LogP contribution >= 0.6 is 0 Å². The van der Waals surface area contributed by atoms with Gasteiger partial charge >= 0.3 is 0 Å². The smallest absolute Gasteiger partial charge is 0.125 e. The number of fused-ring (bicyclic) bond motifs is 1. The molecule has 4 heteroatoms. The van der Waals surface area contributed by atoms with E-state index in [2.05, 4.69) is 51.9 Å². The summed E-state index contributed by atoms with van der Waals surface area (Å²) in [6.45, 7) is 4.94. The van der Waals surface area contributed by atoms with Crippen molar-refractivity contribution in [3.05, 3.63) is 66.7 Å². The molecule has 0 bridgehead atoms. The van der Waals surface area contributed by atoms with Gasteiger partial charge < -0.3 is 9.67 Å². The van der Waals surface area contributed by atoms with Crippen LogP contribution < -0.4 is 0 Å². The summed E-state index contributed by atoms with van der Waals surface area (Å²) >= 11 is 0. The third kappa shape index (κ3) is 2.66. The molecule has 4 aromatic rings. The maximum atomic E-state index is 10.3. The number of hydrogen-bond donors (Lipinski definition) is 1. The van der Waals surface area contributed by atoms with Gasteiger partial charge in [0.15, 0.2) is 0 Å². The van der Waals surface area contributed by atoms with Crippen molar-refractivity contribution in [2.24, 2.45) is 0 Å². The summed E-state index contributed by atoms with van der Waals surface area (Å²) in [5.41, 5.74) is 4.63. The number of nitrogens with zero attached hydrogens (tertiary/aromatic N) is 3. The molecular weight excluding hydrogens is 310 g/mol. The van der Waals surface area contributed by atoms with Crippen molar-refractivity contribution in [3.8, 4) is 28.1 Å². The fraction of sp³-hybridized carbons (Fsp3) is 0.143. The van der Waals surface area contributed by atoms with Crippen molar-refractivity contribution in [1.82, 2.24) is 14.5 Å². The number of hydrogen-bond acceptors (Lipinski definition) is 3. The van der Waals surface area contributed by atoms with Gasteiger partial charge in [-0.15, -0.1) is 0 Å². The zero-order chi connectivity index (χ0) is 17.4. The third-order valence-corrected chi connectivity index (χ3v) is 4.49. The second-order valence-electron chi connectivity index (χ2n) is 6.07. The number of aromatic hydroxyl groups is 1. The minimum atomic E-state index is 0.222. The first kappa shape index (κ1) is 15.4. The maximum Gasteiger partial charge on any atom is 0.125 e. The minimum absolute atomic E-state index is 0.222. The Labute approximate surface area is 146 Å². The van der Waals surface area contributed by atoms with Crippen LogP contribution in [0.1, 0.15) is 12.7 Å². The molecule has 0 saturated carbocycles. The molecule has 0 aliphatic rings. The van der Waals surface area contributed by atoms with Crippen LogP contribution in [-0.4, -0.2) is 19.6 Å². The van der Waals surface area contributed by atoms with Crippen molar-refractivity contribution in [2.75, 3.05) is 0 Å². The van der Waals surface area contributed by atoms with Gasteiger partial charge in [-0.05, 0) is 49.7 Å². The highest BCUT2D eigenvalue weighted by Gasteiger charge is 2.14. The number of aryl methyl sites for hydroxylation is 2. The van der Waals surface area contributed by atoms with E-state index in [4.69, 9.17) is 0 Å². The Bertz CT molecular complexity index is 1070. The van der Waals surface area contributed by atoms with E-state index in [9.17, 15) is 5.11 Å². The highest BCUT2D eigenvalue weighted by atomic mass is 16.3. The van der Waals surface area contributed by atoms with Crippen LogP contribution in [0.2, 0.25) is 0 Å². The summed E-state index contributed by atoms with van der Waals surface area (Å²) in [7, 11) is 0. The van der Waals surface area contributed by atoms with E-state index in [-0.39, 0.29) is 5.75 Å². The first-order valence-electron chi connectivity index (χ1n) is 8.38. The molecule has 0 spiro atoms. The molecule has 4 nitrogen and oxygen atoms in total. The van der Waals surface area contributed by atoms with E-state index in [1.165, 1.54) is 10.9 Å². The number of para-hydroxylation sites is 1. The summed E-state index contributed by atoms with van der Waals surface area (Å²) in [4.78, 5) is 8.98. The van der Waals surface area contributed by atoms with Crippen molar-refractivity contribution < 1.29 is 5.11 Å². The normalized spacial score (nSPS) is 11.1. The number of phenolic OH excluding ortho intramolecular Hbond substituents is 1. The van der Waals surface area contributed by atoms with Crippen LogP contribution in [0, 0.1) is 6.92 Å². The average Bonchev–Trinajstić information content (AvgIpc) is 3.04. The fourth-order valence-corrected chi connectivity index (χ4v) is 3.20. The first-order chi connectivity index (χ1) is 12.2. The Kier molecular flexibility index (Phi) is 3.73. The van der Waals surface area contributed by atoms with Gasteiger partial charge in [-0.2, -0.15) is 0 Å². The van der Waals surface area contributed by atoms with Gasteiger partial charge in [0, 0.05) is 41.0 Å². The van der Waals surface area contributed by atoms with Gasteiger partial charge in [-0.25, -0.2) is 9.97 Å². The molecule has 2 aromatic heterocycles. The lowest BCUT2D eigenvalue weighted by molar-refractivity contribution is 0.477. The zero-order valence-corrected chi connectivity index (χ0v) is 14.3. The molecule has 0 fully saturated rings. The molecule has 0 radical (unpaired) electrons. The van der Waals surface area contributed by atoms with Gasteiger partial charge in [-0.3, -0.25) is 0 Å². The second-order valence-corrected chi connectivity index (χ2v) is 6.07. The van der Waals surface area contributed by atoms with Gasteiger partial charge in [0.25, 0.3) is 0 Å². The standard InChI is InChI=1S/C21H19N3O/c1-3-24-11-10-16-12-15(8-9-19(16)24)18-13-22-14(2)23-21(18)17-6-4-5-7-20(17)25/h4-13,25H,3H2,1-2H3. The molecule has 0 saturated heterocycles. The molecule has 2 aromatic carbocycles. The molecule has 124 valence electrons. The Balaban J connectivity index is 1.93. The summed E-state index contributed by atoms with van der Waals surface area (Å²) < 4.78 is 2.22. The molecular formula is C21H19N3O.